The summed E-state index contributed by atoms with van der Waals surface area (Å²) in [5, 5.41) is 47.0. The van der Waals surface area contributed by atoms with Gasteiger partial charge in [-0.15, -0.1) is 0 Å². The third-order valence-corrected chi connectivity index (χ3v) is 2.21. The van der Waals surface area contributed by atoms with Gasteiger partial charge in [-0.3, -0.25) is 0 Å². The van der Waals surface area contributed by atoms with Crippen LogP contribution in [0.5, 0.6) is 0 Å². The van der Waals surface area contributed by atoms with Crippen molar-refractivity contribution in [3.05, 3.63) is 0 Å². The average molecular weight is 237 g/mol. The van der Waals surface area contributed by atoms with Crippen molar-refractivity contribution in [2.24, 2.45) is 0 Å². The monoisotopic (exact) mass is 237 g/mol. The second-order valence-electron chi connectivity index (χ2n) is 3.38. The Morgan fingerprint density at radius 3 is 2.38 bits per heavy atom. The van der Waals surface area contributed by atoms with Crippen molar-refractivity contribution in [3.8, 4) is 0 Å². The number of rotatable bonds is 4. The van der Waals surface area contributed by atoms with Gasteiger partial charge in [-0.05, 0) is 0 Å². The molecular formula is C8H13O8-. The molecule has 0 aromatic carbocycles. The Morgan fingerprint density at radius 1 is 1.25 bits per heavy atom. The molecule has 1 rings (SSSR count). The summed E-state index contributed by atoms with van der Waals surface area (Å²) in [6.07, 6.45) is -7.24. The van der Waals surface area contributed by atoms with Crippen LogP contribution in [0.3, 0.4) is 0 Å². The van der Waals surface area contributed by atoms with Crippen molar-refractivity contribution in [1.82, 2.24) is 0 Å². The molecule has 0 bridgehead atoms. The second kappa shape index (κ2) is 5.53. The Balaban J connectivity index is 2.60. The van der Waals surface area contributed by atoms with Gasteiger partial charge in [0.25, 0.3) is 0 Å². The van der Waals surface area contributed by atoms with E-state index in [2.05, 4.69) is 4.74 Å². The van der Waals surface area contributed by atoms with Gasteiger partial charge in [0, 0.05) is 0 Å². The third kappa shape index (κ3) is 2.88. The van der Waals surface area contributed by atoms with E-state index in [1.54, 1.807) is 0 Å². The molecule has 0 aromatic rings. The molecule has 94 valence electrons. The summed E-state index contributed by atoms with van der Waals surface area (Å²) < 4.78 is 9.45. The van der Waals surface area contributed by atoms with Crippen LogP contribution < -0.4 is 5.11 Å². The first-order valence-electron chi connectivity index (χ1n) is 4.59. The van der Waals surface area contributed by atoms with Crippen LogP contribution in [-0.4, -0.2) is 70.3 Å². The fourth-order valence-electron chi connectivity index (χ4n) is 1.36. The van der Waals surface area contributed by atoms with E-state index in [0.29, 0.717) is 0 Å². The van der Waals surface area contributed by atoms with Gasteiger partial charge >= 0.3 is 0 Å². The summed E-state index contributed by atoms with van der Waals surface area (Å²) in [4.78, 5) is 10.1. The summed E-state index contributed by atoms with van der Waals surface area (Å²) in [5.41, 5.74) is 0. The molecule has 8 nitrogen and oxygen atoms in total. The van der Waals surface area contributed by atoms with Crippen LogP contribution in [0.15, 0.2) is 0 Å². The van der Waals surface area contributed by atoms with Crippen LogP contribution >= 0.6 is 0 Å². The zero-order valence-corrected chi connectivity index (χ0v) is 8.22. The molecular weight excluding hydrogens is 224 g/mol. The normalized spacial score (nSPS) is 39.6. The fraction of sp³-hybridized carbons (Fsp3) is 0.875. The third-order valence-electron chi connectivity index (χ3n) is 2.21. The van der Waals surface area contributed by atoms with Crippen molar-refractivity contribution >= 4 is 5.97 Å². The zero-order chi connectivity index (χ0) is 12.3. The standard InChI is InChI=1S/C8H14O8/c9-1-3-5(12)6(13)7(14)8(16-3)15-2-4(10)11/h3,5-9,12-14H,1-2H2,(H,10,11)/p-1/t3?,5-,6-,7?,8+/m0/s1. The van der Waals surface area contributed by atoms with E-state index in [4.69, 9.17) is 9.84 Å². The first kappa shape index (κ1) is 13.3. The van der Waals surface area contributed by atoms with Gasteiger partial charge in [-0.25, -0.2) is 0 Å². The number of hydrogen-bond donors (Lipinski definition) is 4. The molecule has 1 heterocycles. The Bertz CT molecular complexity index is 242. The van der Waals surface area contributed by atoms with Crippen LogP contribution in [-0.2, 0) is 14.3 Å². The second-order valence-corrected chi connectivity index (χ2v) is 3.38. The Hall–Kier alpha value is -0.770. The molecule has 1 aliphatic rings. The molecule has 0 aromatic heterocycles. The number of carboxylic acid groups (broad SMARTS) is 1. The molecule has 0 amide bonds. The molecule has 4 N–H and O–H groups in total. The van der Waals surface area contributed by atoms with E-state index in [-0.39, 0.29) is 0 Å². The quantitative estimate of drug-likeness (QED) is 0.384. The number of carbonyl (C=O) groups excluding carboxylic acids is 1. The number of aliphatic carboxylic acids is 1. The molecule has 2 unspecified atom stereocenters. The van der Waals surface area contributed by atoms with Crippen molar-refractivity contribution in [2.45, 2.75) is 30.7 Å². The minimum absolute atomic E-state index is 0.601. The number of ether oxygens (including phenoxy) is 2. The van der Waals surface area contributed by atoms with Crippen LogP contribution in [0, 0.1) is 0 Å². The van der Waals surface area contributed by atoms with Crippen molar-refractivity contribution in [2.75, 3.05) is 13.2 Å². The van der Waals surface area contributed by atoms with Crippen molar-refractivity contribution < 1.29 is 39.8 Å². The van der Waals surface area contributed by atoms with Crippen LogP contribution in [0.25, 0.3) is 0 Å². The fourth-order valence-corrected chi connectivity index (χ4v) is 1.36. The highest BCUT2D eigenvalue weighted by Crippen LogP contribution is 2.21. The molecule has 0 saturated carbocycles. The van der Waals surface area contributed by atoms with Crippen LogP contribution in [0.1, 0.15) is 0 Å². The summed E-state index contributed by atoms with van der Waals surface area (Å²) in [6.45, 7) is -1.43. The topological polar surface area (TPSA) is 140 Å². The summed E-state index contributed by atoms with van der Waals surface area (Å²) >= 11 is 0. The highest BCUT2D eigenvalue weighted by atomic mass is 16.7. The maximum Gasteiger partial charge on any atom is 0.187 e. The van der Waals surface area contributed by atoms with E-state index < -0.39 is 49.9 Å². The molecule has 1 fully saturated rings. The lowest BCUT2D eigenvalue weighted by Gasteiger charge is -2.39. The minimum atomic E-state index is -1.60. The van der Waals surface area contributed by atoms with Crippen molar-refractivity contribution in [1.29, 1.82) is 0 Å². The van der Waals surface area contributed by atoms with Crippen molar-refractivity contribution in [3.63, 3.8) is 0 Å². The molecule has 0 aliphatic carbocycles. The van der Waals surface area contributed by atoms with E-state index in [9.17, 15) is 25.2 Å². The molecule has 0 spiro atoms. The Kier molecular flexibility index (Phi) is 4.59. The average Bonchev–Trinajstić information content (AvgIpc) is 2.25. The molecule has 1 aliphatic heterocycles. The van der Waals surface area contributed by atoms with Crippen LogP contribution in [0.4, 0.5) is 0 Å². The number of hydrogen-bond acceptors (Lipinski definition) is 8. The predicted molar refractivity (Wildman–Crippen MR) is 44.7 cm³/mol. The van der Waals surface area contributed by atoms with Gasteiger partial charge in [0.15, 0.2) is 6.29 Å². The highest BCUT2D eigenvalue weighted by molar-refractivity contribution is 5.65. The maximum atomic E-state index is 10.1. The van der Waals surface area contributed by atoms with Crippen LogP contribution in [0.2, 0.25) is 0 Å². The lowest BCUT2D eigenvalue weighted by Crippen LogP contribution is -2.59. The molecule has 1 saturated heterocycles. The largest absolute Gasteiger partial charge is 0.548 e. The van der Waals surface area contributed by atoms with E-state index >= 15 is 0 Å². The van der Waals surface area contributed by atoms with Gasteiger partial charge in [0.05, 0.1) is 19.2 Å². The molecule has 5 atom stereocenters. The lowest BCUT2D eigenvalue weighted by molar-refractivity contribution is -0.329. The SMILES string of the molecule is O=C([O-])CO[C@@H]1OC(CO)[C@H](O)[C@H](O)C1O. The molecule has 8 heteroatoms. The Morgan fingerprint density at radius 2 is 1.88 bits per heavy atom. The van der Waals surface area contributed by atoms with Gasteiger partial charge in [-0.1, -0.05) is 0 Å². The minimum Gasteiger partial charge on any atom is -0.548 e. The van der Waals surface area contributed by atoms with Gasteiger partial charge in [-0.2, -0.15) is 0 Å². The van der Waals surface area contributed by atoms with Gasteiger partial charge in [0.1, 0.15) is 24.4 Å². The number of aliphatic hydroxyl groups is 4. The lowest BCUT2D eigenvalue weighted by atomic mass is 9.99. The van der Waals surface area contributed by atoms with E-state index in [1.807, 2.05) is 0 Å². The Labute approximate surface area is 90.6 Å². The molecule has 16 heavy (non-hydrogen) atoms. The van der Waals surface area contributed by atoms with Gasteiger partial charge in [0.2, 0.25) is 0 Å². The van der Waals surface area contributed by atoms with E-state index in [0.717, 1.165) is 0 Å². The molecule has 0 radical (unpaired) electrons. The maximum absolute atomic E-state index is 10.1. The summed E-state index contributed by atoms with van der Waals surface area (Å²) in [7, 11) is 0. The number of carboxylic acids is 1. The van der Waals surface area contributed by atoms with Gasteiger partial charge < -0.3 is 39.8 Å². The summed E-state index contributed by atoms with van der Waals surface area (Å²) in [5.74, 6) is -1.52. The zero-order valence-electron chi connectivity index (χ0n) is 8.22. The smallest absolute Gasteiger partial charge is 0.187 e. The van der Waals surface area contributed by atoms with E-state index in [1.165, 1.54) is 0 Å². The summed E-state index contributed by atoms with van der Waals surface area (Å²) in [6, 6.07) is 0. The number of aliphatic hydroxyl groups excluding tert-OH is 4. The predicted octanol–water partition coefficient (Wildman–Crippen LogP) is -4.45. The number of carbonyl (C=O) groups is 1. The first-order chi connectivity index (χ1) is 7.47. The first-order valence-corrected chi connectivity index (χ1v) is 4.59. The highest BCUT2D eigenvalue weighted by Gasteiger charge is 2.43.